The molecule has 1 aliphatic heterocycles. The van der Waals surface area contributed by atoms with Crippen molar-refractivity contribution in [3.8, 4) is 6.07 Å². The van der Waals surface area contributed by atoms with Crippen molar-refractivity contribution in [2.45, 2.75) is 30.2 Å². The van der Waals surface area contributed by atoms with Crippen LogP contribution in [0.5, 0.6) is 0 Å². The fraction of sp³-hybridized carbons (Fsp3) is 0.417. The maximum atomic E-state index is 12.6. The molecule has 0 amide bonds. The van der Waals surface area contributed by atoms with E-state index in [0.717, 1.165) is 16.8 Å². The smallest absolute Gasteiger partial charge is 0.258 e. The van der Waals surface area contributed by atoms with Gasteiger partial charge in [0.05, 0.1) is 11.0 Å². The number of para-hydroxylation sites is 1. The van der Waals surface area contributed by atoms with Crippen molar-refractivity contribution >= 4 is 15.7 Å². The summed E-state index contributed by atoms with van der Waals surface area (Å²) in [5.41, 5.74) is -0.463. The molecule has 106 valence electrons. The second kappa shape index (κ2) is 5.56. The van der Waals surface area contributed by atoms with E-state index in [1.54, 1.807) is 0 Å². The maximum Gasteiger partial charge on any atom is 0.289 e. The molecule has 1 atom stereocenters. The molecule has 8 heteroatoms. The minimum absolute atomic E-state index is 0.215. The lowest BCUT2D eigenvalue weighted by atomic mass is 10.1. The van der Waals surface area contributed by atoms with Crippen molar-refractivity contribution in [3.05, 3.63) is 34.4 Å². The van der Waals surface area contributed by atoms with Crippen molar-refractivity contribution in [1.29, 1.82) is 5.26 Å². The number of hydrogen-bond acceptors (Lipinski definition) is 5. The molecule has 1 aromatic rings. The van der Waals surface area contributed by atoms with Gasteiger partial charge in [0.15, 0.2) is 4.90 Å². The van der Waals surface area contributed by atoms with E-state index in [0.29, 0.717) is 12.8 Å². The number of sulfonamides is 1. The van der Waals surface area contributed by atoms with E-state index in [2.05, 4.69) is 0 Å². The van der Waals surface area contributed by atoms with E-state index in [-0.39, 0.29) is 11.4 Å². The summed E-state index contributed by atoms with van der Waals surface area (Å²) in [5, 5.41) is 20.0. The van der Waals surface area contributed by atoms with E-state index in [9.17, 15) is 18.5 Å². The molecule has 1 unspecified atom stereocenters. The highest BCUT2D eigenvalue weighted by molar-refractivity contribution is 7.89. The fourth-order valence-electron chi connectivity index (χ4n) is 2.27. The normalized spacial score (nSPS) is 20.2. The van der Waals surface area contributed by atoms with E-state index >= 15 is 0 Å². The fourth-order valence-corrected chi connectivity index (χ4v) is 4.04. The van der Waals surface area contributed by atoms with Gasteiger partial charge in [0.25, 0.3) is 15.7 Å². The maximum absolute atomic E-state index is 12.6. The average molecular weight is 295 g/mol. The monoisotopic (exact) mass is 295 g/mol. The Hall–Kier alpha value is -1.98. The molecule has 1 aliphatic rings. The third-order valence-corrected chi connectivity index (χ3v) is 5.21. The molecule has 0 aromatic heterocycles. The molecule has 0 aliphatic carbocycles. The molecule has 0 spiro atoms. The zero-order chi connectivity index (χ0) is 14.8. The Morgan fingerprint density at radius 1 is 1.35 bits per heavy atom. The lowest BCUT2D eigenvalue weighted by Crippen LogP contribution is -2.42. The third-order valence-electron chi connectivity index (χ3n) is 3.25. The summed E-state index contributed by atoms with van der Waals surface area (Å²) < 4.78 is 26.2. The molecule has 1 fully saturated rings. The second-order valence-electron chi connectivity index (χ2n) is 4.48. The van der Waals surface area contributed by atoms with E-state index in [1.807, 2.05) is 6.07 Å². The first-order valence-electron chi connectivity index (χ1n) is 6.13. The van der Waals surface area contributed by atoms with Gasteiger partial charge in [-0.1, -0.05) is 12.1 Å². The Kier molecular flexibility index (Phi) is 4.01. The first-order valence-corrected chi connectivity index (χ1v) is 7.57. The van der Waals surface area contributed by atoms with Gasteiger partial charge in [-0.05, 0) is 25.3 Å². The van der Waals surface area contributed by atoms with Crippen LogP contribution >= 0.6 is 0 Å². The average Bonchev–Trinajstić information content (AvgIpc) is 2.47. The molecule has 0 saturated carbocycles. The summed E-state index contributed by atoms with van der Waals surface area (Å²) in [5.74, 6) is 0. The van der Waals surface area contributed by atoms with E-state index in [1.165, 1.54) is 18.2 Å². The van der Waals surface area contributed by atoms with Gasteiger partial charge in [-0.25, -0.2) is 8.42 Å². The Bertz CT molecular complexity index is 666. The number of rotatable bonds is 3. The summed E-state index contributed by atoms with van der Waals surface area (Å²) in [6.07, 6.45) is 1.88. The first-order chi connectivity index (χ1) is 9.48. The van der Waals surface area contributed by atoms with Gasteiger partial charge in [0, 0.05) is 12.6 Å². The largest absolute Gasteiger partial charge is 0.289 e. The standard InChI is InChI=1S/C12H13N3O4S/c13-9-10-5-3-4-8-14(10)20(18,19)12-7-2-1-6-11(12)15(16)17/h1-2,6-7,10H,3-5,8H2. The van der Waals surface area contributed by atoms with Crippen LogP contribution in [0.25, 0.3) is 0 Å². The molecule has 0 N–H and O–H groups in total. The zero-order valence-electron chi connectivity index (χ0n) is 10.6. The highest BCUT2D eigenvalue weighted by Gasteiger charge is 2.37. The summed E-state index contributed by atoms with van der Waals surface area (Å²) in [7, 11) is -4.03. The highest BCUT2D eigenvalue weighted by Crippen LogP contribution is 2.30. The SMILES string of the molecule is N#CC1CCCCN1S(=O)(=O)c1ccccc1[N+](=O)[O-]. The van der Waals surface area contributed by atoms with Crippen molar-refractivity contribution in [2.24, 2.45) is 0 Å². The van der Waals surface area contributed by atoms with Crippen molar-refractivity contribution in [1.82, 2.24) is 4.31 Å². The van der Waals surface area contributed by atoms with Gasteiger partial charge in [0.1, 0.15) is 6.04 Å². The van der Waals surface area contributed by atoms with Crippen LogP contribution in [0.4, 0.5) is 5.69 Å². The van der Waals surface area contributed by atoms with Crippen molar-refractivity contribution in [3.63, 3.8) is 0 Å². The first kappa shape index (κ1) is 14.4. The van der Waals surface area contributed by atoms with Gasteiger partial charge in [-0.3, -0.25) is 10.1 Å². The molecule has 2 rings (SSSR count). The number of nitrogens with zero attached hydrogens (tertiary/aromatic N) is 3. The van der Waals surface area contributed by atoms with E-state index in [4.69, 9.17) is 5.26 Å². The van der Waals surface area contributed by atoms with Crippen LogP contribution < -0.4 is 0 Å². The summed E-state index contributed by atoms with van der Waals surface area (Å²) in [6, 6.07) is 6.40. The van der Waals surface area contributed by atoms with Crippen LogP contribution in [-0.4, -0.2) is 30.2 Å². The van der Waals surface area contributed by atoms with Gasteiger partial charge in [-0.15, -0.1) is 0 Å². The molecule has 0 radical (unpaired) electrons. The molecular weight excluding hydrogens is 282 g/mol. The van der Waals surface area contributed by atoms with Crippen LogP contribution in [0.1, 0.15) is 19.3 Å². The highest BCUT2D eigenvalue weighted by atomic mass is 32.2. The summed E-state index contributed by atoms with van der Waals surface area (Å²) >= 11 is 0. The number of nitro groups is 1. The van der Waals surface area contributed by atoms with Gasteiger partial charge in [-0.2, -0.15) is 9.57 Å². The zero-order valence-corrected chi connectivity index (χ0v) is 11.4. The van der Waals surface area contributed by atoms with E-state index < -0.39 is 26.7 Å². The predicted molar refractivity (Wildman–Crippen MR) is 70.2 cm³/mol. The van der Waals surface area contributed by atoms with Crippen molar-refractivity contribution < 1.29 is 13.3 Å². The quantitative estimate of drug-likeness (QED) is 0.623. The molecular formula is C12H13N3O4S. The minimum Gasteiger partial charge on any atom is -0.258 e. The van der Waals surface area contributed by atoms with Gasteiger partial charge in [0.2, 0.25) is 0 Å². The third kappa shape index (κ3) is 2.50. The number of hydrogen-bond donors (Lipinski definition) is 0. The Balaban J connectivity index is 2.50. The second-order valence-corrected chi connectivity index (χ2v) is 6.34. The minimum atomic E-state index is -4.03. The molecule has 0 bridgehead atoms. The Labute approximate surface area is 116 Å². The number of benzene rings is 1. The molecule has 1 saturated heterocycles. The predicted octanol–water partition coefficient (Wildman–Crippen LogP) is 1.66. The number of nitro benzene ring substituents is 1. The number of nitriles is 1. The number of piperidine rings is 1. The summed E-state index contributed by atoms with van der Waals surface area (Å²) in [4.78, 5) is 9.88. The van der Waals surface area contributed by atoms with Crippen LogP contribution in [-0.2, 0) is 10.0 Å². The summed E-state index contributed by atoms with van der Waals surface area (Å²) in [6.45, 7) is 0.215. The molecule has 7 nitrogen and oxygen atoms in total. The van der Waals surface area contributed by atoms with Crippen LogP contribution in [0.2, 0.25) is 0 Å². The lowest BCUT2D eigenvalue weighted by Gasteiger charge is -2.30. The molecule has 20 heavy (non-hydrogen) atoms. The Morgan fingerprint density at radius 3 is 2.70 bits per heavy atom. The Morgan fingerprint density at radius 2 is 2.05 bits per heavy atom. The van der Waals surface area contributed by atoms with Gasteiger partial charge >= 0.3 is 0 Å². The molecule has 1 aromatic carbocycles. The van der Waals surface area contributed by atoms with Crippen LogP contribution in [0.15, 0.2) is 29.2 Å². The molecule has 1 heterocycles. The van der Waals surface area contributed by atoms with Crippen LogP contribution in [0, 0.1) is 21.4 Å². The van der Waals surface area contributed by atoms with Gasteiger partial charge < -0.3 is 0 Å². The van der Waals surface area contributed by atoms with Crippen LogP contribution in [0.3, 0.4) is 0 Å². The topological polar surface area (TPSA) is 104 Å². The van der Waals surface area contributed by atoms with Crippen molar-refractivity contribution in [2.75, 3.05) is 6.54 Å². The lowest BCUT2D eigenvalue weighted by molar-refractivity contribution is -0.387.